The fourth-order valence-electron chi connectivity index (χ4n) is 0.726. The molecule has 0 aliphatic heterocycles. The Morgan fingerprint density at radius 2 is 2.18 bits per heavy atom. The number of rotatable bonds is 4. The monoisotopic (exact) mass is 163 g/mol. The summed E-state index contributed by atoms with van der Waals surface area (Å²) in [5.74, 6) is 0. The summed E-state index contributed by atoms with van der Waals surface area (Å²) in [7, 11) is 0. The molecule has 0 aliphatic rings. The SMILES string of the molecule is CCC(C)(O)C(CO)[N+](=O)[O-]. The van der Waals surface area contributed by atoms with Crippen LogP contribution in [0.3, 0.4) is 0 Å². The zero-order valence-corrected chi connectivity index (χ0v) is 6.65. The lowest BCUT2D eigenvalue weighted by Crippen LogP contribution is -2.46. The number of nitrogens with zero attached hydrogens (tertiary/aromatic N) is 1. The standard InChI is InChI=1S/C6H13NO4/c1-3-6(2,9)5(4-8)7(10)11/h5,8-9H,3-4H2,1-2H3. The van der Waals surface area contributed by atoms with Crippen molar-refractivity contribution in [2.24, 2.45) is 0 Å². The Morgan fingerprint density at radius 1 is 1.73 bits per heavy atom. The van der Waals surface area contributed by atoms with Crippen molar-refractivity contribution in [3.05, 3.63) is 10.1 Å². The van der Waals surface area contributed by atoms with E-state index >= 15 is 0 Å². The van der Waals surface area contributed by atoms with Crippen molar-refractivity contribution in [3.63, 3.8) is 0 Å². The minimum atomic E-state index is -1.42. The van der Waals surface area contributed by atoms with Crippen molar-refractivity contribution in [2.75, 3.05) is 6.61 Å². The number of hydrogen-bond donors (Lipinski definition) is 2. The highest BCUT2D eigenvalue weighted by molar-refractivity contribution is 4.79. The molecule has 2 unspecified atom stereocenters. The smallest absolute Gasteiger partial charge is 0.263 e. The van der Waals surface area contributed by atoms with E-state index in [2.05, 4.69) is 0 Å². The van der Waals surface area contributed by atoms with E-state index in [1.54, 1.807) is 6.92 Å². The van der Waals surface area contributed by atoms with Crippen molar-refractivity contribution in [1.29, 1.82) is 0 Å². The molecule has 0 bridgehead atoms. The summed E-state index contributed by atoms with van der Waals surface area (Å²) >= 11 is 0. The van der Waals surface area contributed by atoms with Crippen LogP contribution in [0, 0.1) is 10.1 Å². The summed E-state index contributed by atoms with van der Waals surface area (Å²) in [5.41, 5.74) is -1.42. The van der Waals surface area contributed by atoms with Gasteiger partial charge in [0, 0.05) is 4.92 Å². The van der Waals surface area contributed by atoms with E-state index < -0.39 is 23.2 Å². The molecule has 0 saturated heterocycles. The maximum absolute atomic E-state index is 10.2. The number of aliphatic hydroxyl groups excluding tert-OH is 1. The minimum Gasteiger partial charge on any atom is -0.389 e. The van der Waals surface area contributed by atoms with Crippen molar-refractivity contribution in [3.8, 4) is 0 Å². The topological polar surface area (TPSA) is 83.6 Å². The first-order chi connectivity index (χ1) is 4.95. The van der Waals surface area contributed by atoms with Crippen LogP contribution in [0.2, 0.25) is 0 Å². The van der Waals surface area contributed by atoms with Gasteiger partial charge < -0.3 is 10.2 Å². The maximum atomic E-state index is 10.2. The van der Waals surface area contributed by atoms with Crippen LogP contribution in [-0.4, -0.2) is 33.4 Å². The van der Waals surface area contributed by atoms with E-state index in [4.69, 9.17) is 5.11 Å². The van der Waals surface area contributed by atoms with Gasteiger partial charge in [0.15, 0.2) is 0 Å². The summed E-state index contributed by atoms with van der Waals surface area (Å²) in [6.07, 6.45) is 0.249. The van der Waals surface area contributed by atoms with Crippen molar-refractivity contribution in [2.45, 2.75) is 31.9 Å². The van der Waals surface area contributed by atoms with Crippen LogP contribution < -0.4 is 0 Å². The first-order valence-corrected chi connectivity index (χ1v) is 3.42. The largest absolute Gasteiger partial charge is 0.389 e. The predicted molar refractivity (Wildman–Crippen MR) is 38.8 cm³/mol. The Bertz CT molecular complexity index is 146. The van der Waals surface area contributed by atoms with Crippen LogP contribution in [0.25, 0.3) is 0 Å². The molecular formula is C6H13NO4. The van der Waals surface area contributed by atoms with Crippen LogP contribution in [0.15, 0.2) is 0 Å². The van der Waals surface area contributed by atoms with Crippen molar-refractivity contribution in [1.82, 2.24) is 0 Å². The van der Waals surface area contributed by atoms with E-state index in [1.807, 2.05) is 0 Å². The molecule has 0 aliphatic carbocycles. The van der Waals surface area contributed by atoms with E-state index in [9.17, 15) is 15.2 Å². The molecule has 11 heavy (non-hydrogen) atoms. The van der Waals surface area contributed by atoms with Gasteiger partial charge in [0.05, 0.1) is 0 Å². The lowest BCUT2D eigenvalue weighted by Gasteiger charge is -2.23. The number of aliphatic hydroxyl groups is 2. The van der Waals surface area contributed by atoms with Crippen LogP contribution in [0.1, 0.15) is 20.3 Å². The normalized spacial score (nSPS) is 18.9. The zero-order chi connectivity index (χ0) is 9.07. The van der Waals surface area contributed by atoms with Gasteiger partial charge in [-0.3, -0.25) is 10.1 Å². The molecule has 5 nitrogen and oxygen atoms in total. The molecule has 66 valence electrons. The molecule has 5 heteroatoms. The Morgan fingerprint density at radius 3 is 2.27 bits per heavy atom. The molecular weight excluding hydrogens is 150 g/mol. The lowest BCUT2D eigenvalue weighted by atomic mass is 9.95. The third-order valence-corrected chi connectivity index (χ3v) is 1.86. The van der Waals surface area contributed by atoms with Crippen molar-refractivity contribution < 1.29 is 15.1 Å². The van der Waals surface area contributed by atoms with Gasteiger partial charge in [-0.1, -0.05) is 6.92 Å². The fraction of sp³-hybridized carbons (Fsp3) is 1.00. The first kappa shape index (κ1) is 10.3. The maximum Gasteiger partial charge on any atom is 0.263 e. The molecule has 0 aromatic heterocycles. The summed E-state index contributed by atoms with van der Waals surface area (Å²) in [4.78, 5) is 9.56. The molecule has 0 radical (unpaired) electrons. The van der Waals surface area contributed by atoms with Gasteiger partial charge in [0.2, 0.25) is 0 Å². The molecule has 0 fully saturated rings. The van der Waals surface area contributed by atoms with Gasteiger partial charge >= 0.3 is 0 Å². The van der Waals surface area contributed by atoms with E-state index in [1.165, 1.54) is 6.92 Å². The average Bonchev–Trinajstić information content (AvgIpc) is 1.88. The van der Waals surface area contributed by atoms with Gasteiger partial charge in [0.1, 0.15) is 12.2 Å². The molecule has 0 heterocycles. The van der Waals surface area contributed by atoms with E-state index in [0.717, 1.165) is 0 Å². The second-order valence-electron chi connectivity index (χ2n) is 2.69. The Balaban J connectivity index is 4.36. The Labute approximate surface area is 64.8 Å². The molecule has 0 rings (SSSR count). The van der Waals surface area contributed by atoms with Crippen molar-refractivity contribution >= 4 is 0 Å². The van der Waals surface area contributed by atoms with Gasteiger partial charge in [0.25, 0.3) is 6.04 Å². The number of hydrogen-bond acceptors (Lipinski definition) is 4. The molecule has 0 aromatic rings. The molecule has 2 atom stereocenters. The minimum absolute atomic E-state index is 0.249. The van der Waals surface area contributed by atoms with Gasteiger partial charge in [-0.05, 0) is 13.3 Å². The summed E-state index contributed by atoms with van der Waals surface area (Å²) in [6.45, 7) is 2.34. The third kappa shape index (κ3) is 2.44. The number of nitro groups is 1. The molecule has 0 saturated carbocycles. The summed E-state index contributed by atoms with van der Waals surface area (Å²) in [5, 5.41) is 28.1. The van der Waals surface area contributed by atoms with Gasteiger partial charge in [-0.25, -0.2) is 0 Å². The van der Waals surface area contributed by atoms with E-state index in [-0.39, 0.29) is 6.42 Å². The predicted octanol–water partition coefficient (Wildman–Crippen LogP) is -0.215. The second-order valence-corrected chi connectivity index (χ2v) is 2.69. The third-order valence-electron chi connectivity index (χ3n) is 1.86. The highest BCUT2D eigenvalue weighted by Gasteiger charge is 2.38. The summed E-state index contributed by atoms with van der Waals surface area (Å²) < 4.78 is 0. The molecule has 0 aromatic carbocycles. The average molecular weight is 163 g/mol. The van der Waals surface area contributed by atoms with Crippen LogP contribution >= 0.6 is 0 Å². The van der Waals surface area contributed by atoms with Crippen LogP contribution in [0.5, 0.6) is 0 Å². The van der Waals surface area contributed by atoms with Gasteiger partial charge in [-0.2, -0.15) is 0 Å². The first-order valence-electron chi connectivity index (χ1n) is 3.42. The van der Waals surface area contributed by atoms with Crippen LogP contribution in [-0.2, 0) is 0 Å². The van der Waals surface area contributed by atoms with E-state index in [0.29, 0.717) is 0 Å². The molecule has 0 amide bonds. The fourth-order valence-corrected chi connectivity index (χ4v) is 0.726. The van der Waals surface area contributed by atoms with Crippen LogP contribution in [0.4, 0.5) is 0 Å². The summed E-state index contributed by atoms with van der Waals surface area (Å²) in [6, 6.07) is -1.28. The highest BCUT2D eigenvalue weighted by Crippen LogP contribution is 2.15. The molecule has 2 N–H and O–H groups in total. The second kappa shape index (κ2) is 3.64. The Kier molecular flexibility index (Phi) is 3.41. The Hall–Kier alpha value is -0.680. The van der Waals surface area contributed by atoms with Gasteiger partial charge in [-0.15, -0.1) is 0 Å². The molecule has 0 spiro atoms. The lowest BCUT2D eigenvalue weighted by molar-refractivity contribution is -0.547. The quantitative estimate of drug-likeness (QED) is 0.443. The zero-order valence-electron chi connectivity index (χ0n) is 6.65. The highest BCUT2D eigenvalue weighted by atomic mass is 16.6.